The van der Waals surface area contributed by atoms with Crippen molar-refractivity contribution in [3.8, 4) is 5.75 Å². The molecule has 5 rings (SSSR count). The van der Waals surface area contributed by atoms with Crippen LogP contribution in [0.1, 0.15) is 28.3 Å². The molecule has 0 saturated carbocycles. The molecule has 33 heavy (non-hydrogen) atoms. The number of benzene rings is 2. The molecule has 2 N–H and O–H groups in total. The van der Waals surface area contributed by atoms with Gasteiger partial charge in [-0.15, -0.1) is 11.8 Å². The van der Waals surface area contributed by atoms with E-state index in [1.165, 1.54) is 30.0 Å². The van der Waals surface area contributed by atoms with Crippen LogP contribution in [-0.2, 0) is 15.8 Å². The number of carbonyl (C=O) groups is 2. The molecule has 2 aliphatic heterocycles. The Bertz CT molecular complexity index is 1350. The van der Waals surface area contributed by atoms with Crippen LogP contribution in [0.3, 0.4) is 0 Å². The number of H-pyrrole nitrogens is 1. The van der Waals surface area contributed by atoms with Crippen LogP contribution in [-0.4, -0.2) is 27.7 Å². The van der Waals surface area contributed by atoms with Crippen molar-refractivity contribution in [2.75, 3.05) is 10.7 Å². The summed E-state index contributed by atoms with van der Waals surface area (Å²) >= 11 is 2.04. The SMILES string of the molecule is O=C1C[C@]2(CSc3[nH]c(=O)sc3[C@@H]2c2ccccc2O)C(=O)N1c1ccccc1C(F)(F)F. The van der Waals surface area contributed by atoms with Crippen LogP contribution >= 0.6 is 23.1 Å². The average molecular weight is 493 g/mol. The maximum Gasteiger partial charge on any atom is 0.418 e. The summed E-state index contributed by atoms with van der Waals surface area (Å²) in [6.45, 7) is 0. The maximum atomic E-state index is 13.8. The van der Waals surface area contributed by atoms with Crippen molar-refractivity contribution in [3.05, 3.63) is 74.2 Å². The number of nitrogens with zero attached hydrogens (tertiary/aromatic N) is 1. The van der Waals surface area contributed by atoms with Crippen molar-refractivity contribution in [3.63, 3.8) is 0 Å². The number of phenols is 1. The number of hydrogen-bond acceptors (Lipinski definition) is 6. The summed E-state index contributed by atoms with van der Waals surface area (Å²) in [7, 11) is 0. The molecule has 1 spiro atoms. The number of aromatic hydroxyl groups is 1. The number of amides is 2. The van der Waals surface area contributed by atoms with Gasteiger partial charge in [0.2, 0.25) is 11.8 Å². The number of imide groups is 1. The molecule has 0 radical (unpaired) electrons. The van der Waals surface area contributed by atoms with Gasteiger partial charge in [0.05, 0.1) is 21.7 Å². The number of thiazole rings is 1. The minimum atomic E-state index is -4.77. The van der Waals surface area contributed by atoms with Gasteiger partial charge in [0.25, 0.3) is 0 Å². The van der Waals surface area contributed by atoms with Crippen molar-refractivity contribution < 1.29 is 27.9 Å². The Morgan fingerprint density at radius 1 is 1.06 bits per heavy atom. The van der Waals surface area contributed by atoms with E-state index in [-0.39, 0.29) is 22.8 Å². The van der Waals surface area contributed by atoms with E-state index in [2.05, 4.69) is 4.98 Å². The Morgan fingerprint density at radius 3 is 2.48 bits per heavy atom. The van der Waals surface area contributed by atoms with Crippen molar-refractivity contribution in [1.82, 2.24) is 4.98 Å². The molecule has 170 valence electrons. The van der Waals surface area contributed by atoms with E-state index in [0.717, 1.165) is 23.5 Å². The molecule has 0 unspecified atom stereocenters. The quantitative estimate of drug-likeness (QED) is 0.520. The second-order valence-electron chi connectivity index (χ2n) is 7.87. The number of rotatable bonds is 2. The first kappa shape index (κ1) is 21.8. The fourth-order valence-corrected chi connectivity index (χ4v) is 7.13. The molecule has 0 aliphatic carbocycles. The minimum Gasteiger partial charge on any atom is -0.508 e. The number of para-hydroxylation sites is 2. The lowest BCUT2D eigenvalue weighted by Crippen LogP contribution is -2.43. The van der Waals surface area contributed by atoms with Crippen LogP contribution in [0, 0.1) is 5.41 Å². The molecule has 1 saturated heterocycles. The third-order valence-electron chi connectivity index (χ3n) is 5.97. The summed E-state index contributed by atoms with van der Waals surface area (Å²) in [6, 6.07) is 10.7. The molecule has 2 atom stereocenters. The Hall–Kier alpha value is -3.05. The van der Waals surface area contributed by atoms with E-state index in [0.29, 0.717) is 20.4 Å². The predicted molar refractivity (Wildman–Crippen MR) is 117 cm³/mol. The van der Waals surface area contributed by atoms with Crippen LogP contribution in [0.15, 0.2) is 58.4 Å². The highest BCUT2D eigenvalue weighted by atomic mass is 32.2. The van der Waals surface area contributed by atoms with Gasteiger partial charge in [-0.05, 0) is 18.2 Å². The van der Waals surface area contributed by atoms with Gasteiger partial charge in [-0.1, -0.05) is 41.7 Å². The van der Waals surface area contributed by atoms with E-state index in [1.807, 2.05) is 0 Å². The van der Waals surface area contributed by atoms with Crippen molar-refractivity contribution in [2.45, 2.75) is 23.5 Å². The number of halogens is 3. The van der Waals surface area contributed by atoms with Gasteiger partial charge in [-0.3, -0.25) is 14.4 Å². The van der Waals surface area contributed by atoms with E-state index in [1.54, 1.807) is 18.2 Å². The van der Waals surface area contributed by atoms with Crippen LogP contribution in [0.5, 0.6) is 5.75 Å². The maximum absolute atomic E-state index is 13.8. The second kappa shape index (κ2) is 7.49. The largest absolute Gasteiger partial charge is 0.508 e. The lowest BCUT2D eigenvalue weighted by molar-refractivity contribution is -0.137. The number of carbonyl (C=O) groups excluding carboxylic acids is 2. The highest BCUT2D eigenvalue weighted by Crippen LogP contribution is 2.58. The number of fused-ring (bicyclic) bond motifs is 1. The first-order valence-corrected chi connectivity index (χ1v) is 11.6. The molecular formula is C22H15F3N2O4S2. The number of aromatic nitrogens is 1. The Balaban J connectivity index is 1.70. The van der Waals surface area contributed by atoms with E-state index >= 15 is 0 Å². The lowest BCUT2D eigenvalue weighted by Gasteiger charge is -2.38. The van der Waals surface area contributed by atoms with E-state index in [4.69, 9.17) is 0 Å². The molecule has 1 aromatic heterocycles. The number of alkyl halides is 3. The molecule has 6 nitrogen and oxygen atoms in total. The van der Waals surface area contributed by atoms with Crippen molar-refractivity contribution >= 4 is 40.6 Å². The summed E-state index contributed by atoms with van der Waals surface area (Å²) in [5.41, 5.74) is -2.73. The molecule has 11 heteroatoms. The number of hydrogen-bond donors (Lipinski definition) is 2. The third-order valence-corrected chi connectivity index (χ3v) is 8.32. The number of nitrogens with one attached hydrogen (secondary N) is 1. The van der Waals surface area contributed by atoms with E-state index in [9.17, 15) is 32.7 Å². The average Bonchev–Trinajstić information content (AvgIpc) is 3.25. The Morgan fingerprint density at radius 2 is 1.76 bits per heavy atom. The number of phenolic OH excluding ortho intramolecular Hbond substituents is 1. The summed E-state index contributed by atoms with van der Waals surface area (Å²) < 4.78 is 41.0. The van der Waals surface area contributed by atoms with Gasteiger partial charge in [-0.25, -0.2) is 4.90 Å². The zero-order valence-corrected chi connectivity index (χ0v) is 18.3. The van der Waals surface area contributed by atoms with Crippen molar-refractivity contribution in [2.24, 2.45) is 5.41 Å². The number of anilines is 1. The zero-order chi connectivity index (χ0) is 23.5. The summed E-state index contributed by atoms with van der Waals surface area (Å²) in [6.07, 6.45) is -5.12. The molecular weight excluding hydrogens is 477 g/mol. The Kier molecular flexibility index (Phi) is 4.94. The normalized spacial score (nSPS) is 22.8. The van der Waals surface area contributed by atoms with Crippen LogP contribution in [0.4, 0.5) is 18.9 Å². The van der Waals surface area contributed by atoms with E-state index < -0.39 is 40.6 Å². The van der Waals surface area contributed by atoms with Crippen LogP contribution in [0.2, 0.25) is 0 Å². The van der Waals surface area contributed by atoms with Gasteiger partial charge in [0, 0.05) is 28.5 Å². The first-order chi connectivity index (χ1) is 15.6. The predicted octanol–water partition coefficient (Wildman–Crippen LogP) is 4.35. The Labute approximate surface area is 193 Å². The van der Waals surface area contributed by atoms with Crippen LogP contribution in [0.25, 0.3) is 0 Å². The fraction of sp³-hybridized carbons (Fsp3) is 0.227. The topological polar surface area (TPSA) is 90.5 Å². The lowest BCUT2D eigenvalue weighted by atomic mass is 9.70. The fourth-order valence-electron chi connectivity index (χ4n) is 4.58. The monoisotopic (exact) mass is 492 g/mol. The third kappa shape index (κ3) is 3.29. The van der Waals surface area contributed by atoms with Gasteiger partial charge < -0.3 is 10.1 Å². The van der Waals surface area contributed by atoms with Gasteiger partial charge >= 0.3 is 11.0 Å². The summed E-state index contributed by atoms with van der Waals surface area (Å²) in [5, 5.41) is 11.1. The van der Waals surface area contributed by atoms with Gasteiger partial charge in [-0.2, -0.15) is 13.2 Å². The minimum absolute atomic E-state index is 0.0565. The summed E-state index contributed by atoms with van der Waals surface area (Å²) in [5.74, 6) is -2.49. The number of thioether (sulfide) groups is 1. The first-order valence-electron chi connectivity index (χ1n) is 9.81. The van der Waals surface area contributed by atoms with Gasteiger partial charge in [0.15, 0.2) is 0 Å². The molecule has 3 heterocycles. The van der Waals surface area contributed by atoms with Crippen molar-refractivity contribution in [1.29, 1.82) is 0 Å². The highest BCUT2D eigenvalue weighted by Gasteiger charge is 2.60. The summed E-state index contributed by atoms with van der Waals surface area (Å²) in [4.78, 5) is 42.5. The smallest absolute Gasteiger partial charge is 0.418 e. The molecule has 1 fully saturated rings. The van der Waals surface area contributed by atoms with Gasteiger partial charge in [0.1, 0.15) is 5.75 Å². The standard InChI is InChI=1S/C22H15F3N2O4S2/c23-22(24,25)12-6-2-3-7-13(12)27-15(29)9-21(19(27)30)10-32-18-17(33-20(31)26-18)16(21)11-5-1-4-8-14(11)28/h1-8,16,28H,9-10H2,(H,26,31)/t16-,21+/m0/s1. The highest BCUT2D eigenvalue weighted by molar-refractivity contribution is 7.99. The molecule has 2 aliphatic rings. The molecule has 3 aromatic rings. The number of aromatic amines is 1. The molecule has 2 aromatic carbocycles. The second-order valence-corrected chi connectivity index (χ2v) is 9.87. The van der Waals surface area contributed by atoms with Crippen LogP contribution < -0.4 is 9.77 Å². The molecule has 2 amide bonds. The molecule has 0 bridgehead atoms. The zero-order valence-electron chi connectivity index (χ0n) is 16.7.